The summed E-state index contributed by atoms with van der Waals surface area (Å²) in [4.78, 5) is 12.4. The zero-order chi connectivity index (χ0) is 21.4. The minimum Gasteiger partial charge on any atom is -0.380 e. The molecule has 0 aromatic heterocycles. The van der Waals surface area contributed by atoms with Gasteiger partial charge in [0, 0.05) is 26.6 Å². The molecule has 1 amide bonds. The highest BCUT2D eigenvalue weighted by molar-refractivity contribution is 7.89. The Morgan fingerprint density at radius 3 is 2.53 bits per heavy atom. The number of hydrogen-bond acceptors (Lipinski definition) is 4. The van der Waals surface area contributed by atoms with Crippen molar-refractivity contribution in [2.24, 2.45) is 0 Å². The number of hydrogen-bond donors (Lipinski definition) is 2. The summed E-state index contributed by atoms with van der Waals surface area (Å²) in [5.41, 5.74) is 4.44. The number of fused-ring (bicyclic) bond motifs is 1. The monoisotopic (exact) mass is 430 g/mol. The van der Waals surface area contributed by atoms with Gasteiger partial charge in [-0.1, -0.05) is 30.3 Å². The standard InChI is InChI=1S/C23H30N2O4S/c1-29-17-21-10-5-4-9-20(21)16-24-23(26)11-6-14-25-30(27,28)22-13-12-18-7-2-3-8-19(18)15-22/h4-5,9-10,12-13,15,25H,2-3,6-8,11,14,16-17H2,1H3,(H,24,26). The lowest BCUT2D eigenvalue weighted by atomic mass is 9.92. The van der Waals surface area contributed by atoms with Gasteiger partial charge in [0.2, 0.25) is 15.9 Å². The van der Waals surface area contributed by atoms with Crippen LogP contribution < -0.4 is 10.0 Å². The summed E-state index contributed by atoms with van der Waals surface area (Å²) < 4.78 is 32.9. The summed E-state index contributed by atoms with van der Waals surface area (Å²) in [6.07, 6.45) is 4.93. The van der Waals surface area contributed by atoms with Crippen molar-refractivity contribution in [3.63, 3.8) is 0 Å². The predicted molar refractivity (Wildman–Crippen MR) is 117 cm³/mol. The highest BCUT2D eigenvalue weighted by atomic mass is 32.2. The molecule has 7 heteroatoms. The van der Waals surface area contributed by atoms with Crippen molar-refractivity contribution in [1.29, 1.82) is 0 Å². The number of carbonyl (C=O) groups is 1. The number of carbonyl (C=O) groups excluding carboxylic acids is 1. The fourth-order valence-corrected chi connectivity index (χ4v) is 4.85. The third-order valence-electron chi connectivity index (χ3n) is 5.40. The van der Waals surface area contributed by atoms with Crippen LogP contribution in [0.15, 0.2) is 47.4 Å². The normalized spacial score (nSPS) is 13.6. The fraction of sp³-hybridized carbons (Fsp3) is 0.435. The number of amides is 1. The first-order valence-electron chi connectivity index (χ1n) is 10.4. The Morgan fingerprint density at radius 1 is 1.03 bits per heavy atom. The third kappa shape index (κ3) is 6.14. The second kappa shape index (κ2) is 10.7. The largest absolute Gasteiger partial charge is 0.380 e. The Bertz CT molecular complexity index is 973. The van der Waals surface area contributed by atoms with Crippen LogP contribution >= 0.6 is 0 Å². The van der Waals surface area contributed by atoms with Gasteiger partial charge in [0.05, 0.1) is 11.5 Å². The summed E-state index contributed by atoms with van der Waals surface area (Å²) in [6.45, 7) is 1.16. The minimum atomic E-state index is -3.55. The second-order valence-corrected chi connectivity index (χ2v) is 9.38. The molecule has 1 aliphatic rings. The Balaban J connectivity index is 1.43. The molecule has 6 nitrogen and oxygen atoms in total. The number of nitrogens with one attached hydrogen (secondary N) is 2. The molecule has 2 N–H and O–H groups in total. The van der Waals surface area contributed by atoms with Crippen LogP contribution in [-0.4, -0.2) is 28.0 Å². The SMILES string of the molecule is COCc1ccccc1CNC(=O)CCCNS(=O)(=O)c1ccc2c(c1)CCCC2. The lowest BCUT2D eigenvalue weighted by Crippen LogP contribution is -2.28. The van der Waals surface area contributed by atoms with Gasteiger partial charge in [-0.25, -0.2) is 13.1 Å². The van der Waals surface area contributed by atoms with Crippen molar-refractivity contribution in [2.45, 2.75) is 56.6 Å². The van der Waals surface area contributed by atoms with Crippen LogP contribution in [0.5, 0.6) is 0 Å². The second-order valence-electron chi connectivity index (χ2n) is 7.62. The first-order chi connectivity index (χ1) is 14.5. The van der Waals surface area contributed by atoms with E-state index in [-0.39, 0.29) is 18.9 Å². The van der Waals surface area contributed by atoms with Crippen LogP contribution in [-0.2, 0) is 45.5 Å². The van der Waals surface area contributed by atoms with Crippen molar-refractivity contribution in [1.82, 2.24) is 10.0 Å². The molecular formula is C23H30N2O4S. The van der Waals surface area contributed by atoms with E-state index in [1.807, 2.05) is 30.3 Å². The maximum Gasteiger partial charge on any atom is 0.240 e. The number of aryl methyl sites for hydroxylation is 2. The van der Waals surface area contributed by atoms with Gasteiger partial charge in [0.1, 0.15) is 0 Å². The van der Waals surface area contributed by atoms with Crippen molar-refractivity contribution < 1.29 is 17.9 Å². The van der Waals surface area contributed by atoms with E-state index in [4.69, 9.17) is 4.74 Å². The Kier molecular flexibility index (Phi) is 8.01. The molecule has 0 radical (unpaired) electrons. The van der Waals surface area contributed by atoms with E-state index >= 15 is 0 Å². The molecule has 1 aliphatic carbocycles. The molecule has 2 aromatic rings. The number of methoxy groups -OCH3 is 1. The molecule has 0 aliphatic heterocycles. The smallest absolute Gasteiger partial charge is 0.240 e. The summed E-state index contributed by atoms with van der Waals surface area (Å²) in [5.74, 6) is -0.102. The van der Waals surface area contributed by atoms with Crippen LogP contribution in [0.25, 0.3) is 0 Å². The zero-order valence-electron chi connectivity index (χ0n) is 17.4. The van der Waals surface area contributed by atoms with Crippen molar-refractivity contribution >= 4 is 15.9 Å². The highest BCUT2D eigenvalue weighted by Gasteiger charge is 2.17. The van der Waals surface area contributed by atoms with Crippen molar-refractivity contribution in [3.8, 4) is 0 Å². The molecule has 3 rings (SSSR count). The van der Waals surface area contributed by atoms with Crippen LogP contribution in [0.3, 0.4) is 0 Å². The first kappa shape index (κ1) is 22.5. The molecule has 0 bridgehead atoms. The van der Waals surface area contributed by atoms with E-state index in [0.717, 1.165) is 42.4 Å². The molecule has 0 spiro atoms. The van der Waals surface area contributed by atoms with Crippen LogP contribution in [0.2, 0.25) is 0 Å². The summed E-state index contributed by atoms with van der Waals surface area (Å²) in [6, 6.07) is 13.2. The fourth-order valence-electron chi connectivity index (χ4n) is 3.72. The number of benzene rings is 2. The van der Waals surface area contributed by atoms with Gasteiger partial charge in [-0.3, -0.25) is 4.79 Å². The van der Waals surface area contributed by atoms with Gasteiger partial charge in [0.25, 0.3) is 0 Å². The third-order valence-corrected chi connectivity index (χ3v) is 6.86. The molecule has 0 atom stereocenters. The van der Waals surface area contributed by atoms with E-state index in [9.17, 15) is 13.2 Å². The van der Waals surface area contributed by atoms with Crippen molar-refractivity contribution in [2.75, 3.05) is 13.7 Å². The number of sulfonamides is 1. The topological polar surface area (TPSA) is 84.5 Å². The van der Waals surface area contributed by atoms with Gasteiger partial charge in [-0.2, -0.15) is 0 Å². The lowest BCUT2D eigenvalue weighted by Gasteiger charge is -2.16. The molecule has 0 fully saturated rings. The average Bonchev–Trinajstić information content (AvgIpc) is 2.76. The number of ether oxygens (including phenoxy) is 1. The predicted octanol–water partition coefficient (Wildman–Crippen LogP) is 3.09. The van der Waals surface area contributed by atoms with Gasteiger partial charge >= 0.3 is 0 Å². The van der Waals surface area contributed by atoms with Gasteiger partial charge < -0.3 is 10.1 Å². The molecular weight excluding hydrogens is 400 g/mol. The van der Waals surface area contributed by atoms with Crippen LogP contribution in [0.4, 0.5) is 0 Å². The Labute approximate surface area is 179 Å². The van der Waals surface area contributed by atoms with Gasteiger partial charge in [-0.05, 0) is 66.5 Å². The Hall–Kier alpha value is -2.22. The minimum absolute atomic E-state index is 0.102. The molecule has 0 saturated heterocycles. The van der Waals surface area contributed by atoms with Crippen LogP contribution in [0, 0.1) is 0 Å². The van der Waals surface area contributed by atoms with E-state index in [0.29, 0.717) is 24.5 Å². The average molecular weight is 431 g/mol. The van der Waals surface area contributed by atoms with Gasteiger partial charge in [-0.15, -0.1) is 0 Å². The van der Waals surface area contributed by atoms with E-state index < -0.39 is 10.0 Å². The zero-order valence-corrected chi connectivity index (χ0v) is 18.3. The van der Waals surface area contributed by atoms with E-state index in [1.54, 1.807) is 19.2 Å². The van der Waals surface area contributed by atoms with Crippen LogP contribution in [0.1, 0.15) is 47.9 Å². The molecule has 0 saturated carbocycles. The quantitative estimate of drug-likeness (QED) is 0.568. The molecule has 2 aromatic carbocycles. The summed E-state index contributed by atoms with van der Waals surface area (Å²) in [5, 5.41) is 2.89. The molecule has 162 valence electrons. The molecule has 0 heterocycles. The van der Waals surface area contributed by atoms with Crippen molar-refractivity contribution in [3.05, 3.63) is 64.7 Å². The summed E-state index contributed by atoms with van der Waals surface area (Å²) >= 11 is 0. The summed E-state index contributed by atoms with van der Waals surface area (Å²) in [7, 11) is -1.92. The van der Waals surface area contributed by atoms with Gasteiger partial charge in [0.15, 0.2) is 0 Å². The lowest BCUT2D eigenvalue weighted by molar-refractivity contribution is -0.121. The highest BCUT2D eigenvalue weighted by Crippen LogP contribution is 2.24. The molecule has 0 unspecified atom stereocenters. The first-order valence-corrected chi connectivity index (χ1v) is 11.9. The maximum atomic E-state index is 12.5. The maximum absolute atomic E-state index is 12.5. The van der Waals surface area contributed by atoms with E-state index in [1.165, 1.54) is 5.56 Å². The Morgan fingerprint density at radius 2 is 1.77 bits per heavy atom. The number of rotatable bonds is 10. The van der Waals surface area contributed by atoms with E-state index in [2.05, 4.69) is 10.0 Å². The molecule has 30 heavy (non-hydrogen) atoms.